The van der Waals surface area contributed by atoms with Crippen LogP contribution in [0, 0.1) is 0 Å². The predicted molar refractivity (Wildman–Crippen MR) is 63.4 cm³/mol. The van der Waals surface area contributed by atoms with Gasteiger partial charge in [0.05, 0.1) is 0 Å². The molecule has 1 aromatic heterocycles. The third-order valence-electron chi connectivity index (χ3n) is 3.31. The first-order valence-corrected chi connectivity index (χ1v) is 6.20. The Morgan fingerprint density at radius 1 is 1.12 bits per heavy atom. The zero-order valence-corrected chi connectivity index (χ0v) is 9.47. The Bertz CT molecular complexity index is 336. The highest BCUT2D eigenvalue weighted by molar-refractivity contribution is 5.29. The molecule has 2 fully saturated rings. The Labute approximate surface area is 96.1 Å². The molecule has 1 unspecified atom stereocenters. The summed E-state index contributed by atoms with van der Waals surface area (Å²) in [6.07, 6.45) is 8.89. The topological polar surface area (TPSA) is 41.1 Å². The van der Waals surface area contributed by atoms with Crippen LogP contribution in [0.2, 0.25) is 0 Å². The van der Waals surface area contributed by atoms with Crippen LogP contribution in [0.5, 0.6) is 0 Å². The first kappa shape index (κ1) is 10.0. The second kappa shape index (κ2) is 4.37. The summed E-state index contributed by atoms with van der Waals surface area (Å²) in [6.45, 7) is 2.15. The average molecular weight is 218 g/mol. The van der Waals surface area contributed by atoms with Crippen LogP contribution < -0.4 is 10.2 Å². The zero-order valence-electron chi connectivity index (χ0n) is 9.47. The van der Waals surface area contributed by atoms with Gasteiger partial charge in [0.1, 0.15) is 0 Å². The highest BCUT2D eigenvalue weighted by atomic mass is 15.3. The van der Waals surface area contributed by atoms with E-state index in [0.29, 0.717) is 6.04 Å². The number of aromatic nitrogens is 2. The molecule has 3 rings (SSSR count). The molecule has 86 valence electrons. The van der Waals surface area contributed by atoms with E-state index in [-0.39, 0.29) is 0 Å². The zero-order chi connectivity index (χ0) is 10.8. The van der Waals surface area contributed by atoms with Gasteiger partial charge in [-0.05, 0) is 31.7 Å². The normalized spacial score (nSPS) is 25.8. The van der Waals surface area contributed by atoms with Crippen molar-refractivity contribution >= 4 is 5.95 Å². The number of hydrogen-bond donors (Lipinski definition) is 1. The molecule has 0 spiro atoms. The number of nitrogens with zero attached hydrogens (tertiary/aromatic N) is 3. The van der Waals surface area contributed by atoms with Crippen LogP contribution >= 0.6 is 0 Å². The molecule has 4 heteroatoms. The van der Waals surface area contributed by atoms with Crippen LogP contribution in [-0.4, -0.2) is 35.1 Å². The van der Waals surface area contributed by atoms with Gasteiger partial charge in [0, 0.05) is 37.6 Å². The van der Waals surface area contributed by atoms with Crippen molar-refractivity contribution in [3.8, 4) is 0 Å². The van der Waals surface area contributed by atoms with Crippen molar-refractivity contribution in [2.45, 2.75) is 37.8 Å². The lowest BCUT2D eigenvalue weighted by atomic mass is 10.1. The van der Waals surface area contributed by atoms with Gasteiger partial charge in [0.25, 0.3) is 0 Å². The standard InChI is InChI=1S/C12H18N4/c1-3-11(15-10-4-5-10)9-16(8-1)12-13-6-2-7-14-12/h2,6-7,10-11,15H,1,3-5,8-9H2. The lowest BCUT2D eigenvalue weighted by Gasteiger charge is -2.33. The van der Waals surface area contributed by atoms with Crippen LogP contribution in [-0.2, 0) is 0 Å². The minimum atomic E-state index is 0.630. The maximum Gasteiger partial charge on any atom is 0.225 e. The van der Waals surface area contributed by atoms with Gasteiger partial charge in [-0.1, -0.05) is 0 Å². The number of nitrogens with one attached hydrogen (secondary N) is 1. The summed E-state index contributed by atoms with van der Waals surface area (Å²) < 4.78 is 0. The summed E-state index contributed by atoms with van der Waals surface area (Å²) in [5, 5.41) is 3.70. The maximum atomic E-state index is 4.32. The van der Waals surface area contributed by atoms with E-state index in [9.17, 15) is 0 Å². The molecule has 1 saturated carbocycles. The molecular formula is C12H18N4. The molecule has 1 N–H and O–H groups in total. The minimum Gasteiger partial charge on any atom is -0.339 e. The molecule has 1 atom stereocenters. The van der Waals surface area contributed by atoms with E-state index in [1.807, 2.05) is 18.5 Å². The van der Waals surface area contributed by atoms with Gasteiger partial charge >= 0.3 is 0 Å². The molecule has 16 heavy (non-hydrogen) atoms. The molecule has 1 aliphatic carbocycles. The van der Waals surface area contributed by atoms with E-state index >= 15 is 0 Å². The molecule has 0 aromatic carbocycles. The quantitative estimate of drug-likeness (QED) is 0.827. The average Bonchev–Trinajstić information content (AvgIpc) is 3.15. The molecule has 0 amide bonds. The van der Waals surface area contributed by atoms with Crippen molar-refractivity contribution in [1.82, 2.24) is 15.3 Å². The highest BCUT2D eigenvalue weighted by Crippen LogP contribution is 2.22. The van der Waals surface area contributed by atoms with Gasteiger partial charge < -0.3 is 10.2 Å². The molecule has 0 bridgehead atoms. The number of anilines is 1. The van der Waals surface area contributed by atoms with Crippen molar-refractivity contribution in [1.29, 1.82) is 0 Å². The molecule has 1 saturated heterocycles. The number of rotatable bonds is 3. The van der Waals surface area contributed by atoms with Crippen LogP contribution in [0.4, 0.5) is 5.95 Å². The fraction of sp³-hybridized carbons (Fsp3) is 0.667. The highest BCUT2D eigenvalue weighted by Gasteiger charge is 2.28. The third-order valence-corrected chi connectivity index (χ3v) is 3.31. The number of piperidine rings is 1. The van der Waals surface area contributed by atoms with Gasteiger partial charge in [-0.15, -0.1) is 0 Å². The van der Waals surface area contributed by atoms with Gasteiger partial charge in [0.2, 0.25) is 5.95 Å². The summed E-state index contributed by atoms with van der Waals surface area (Å²) in [5.41, 5.74) is 0. The Hall–Kier alpha value is -1.16. The first-order chi connectivity index (χ1) is 7.92. The second-order valence-corrected chi connectivity index (χ2v) is 4.77. The Kier molecular flexibility index (Phi) is 2.74. The summed E-state index contributed by atoms with van der Waals surface area (Å²) in [7, 11) is 0. The van der Waals surface area contributed by atoms with Crippen LogP contribution in [0.1, 0.15) is 25.7 Å². The number of hydrogen-bond acceptors (Lipinski definition) is 4. The van der Waals surface area contributed by atoms with Crippen LogP contribution in [0.3, 0.4) is 0 Å². The third kappa shape index (κ3) is 2.32. The summed E-state index contributed by atoms with van der Waals surface area (Å²) in [5.74, 6) is 0.879. The Morgan fingerprint density at radius 2 is 1.94 bits per heavy atom. The molecule has 0 radical (unpaired) electrons. The molecule has 1 aromatic rings. The lowest BCUT2D eigenvalue weighted by Crippen LogP contribution is -2.47. The van der Waals surface area contributed by atoms with Crippen molar-refractivity contribution in [2.75, 3.05) is 18.0 Å². The van der Waals surface area contributed by atoms with Crippen molar-refractivity contribution in [2.24, 2.45) is 0 Å². The molecular weight excluding hydrogens is 200 g/mol. The van der Waals surface area contributed by atoms with Gasteiger partial charge in [-0.25, -0.2) is 9.97 Å². The second-order valence-electron chi connectivity index (χ2n) is 4.77. The maximum absolute atomic E-state index is 4.32. The molecule has 2 heterocycles. The predicted octanol–water partition coefficient (Wildman–Crippen LogP) is 1.20. The summed E-state index contributed by atoms with van der Waals surface area (Å²) in [4.78, 5) is 10.9. The van der Waals surface area contributed by atoms with E-state index < -0.39 is 0 Å². The molecule has 4 nitrogen and oxygen atoms in total. The molecule has 2 aliphatic rings. The van der Waals surface area contributed by atoms with E-state index in [1.54, 1.807) is 0 Å². The van der Waals surface area contributed by atoms with E-state index in [2.05, 4.69) is 20.2 Å². The fourth-order valence-electron chi connectivity index (χ4n) is 2.33. The molecule has 1 aliphatic heterocycles. The SMILES string of the molecule is c1cnc(N2CCCC(NC3CC3)C2)nc1. The van der Waals surface area contributed by atoms with Gasteiger partial charge in [-0.2, -0.15) is 0 Å². The summed E-state index contributed by atoms with van der Waals surface area (Å²) >= 11 is 0. The largest absolute Gasteiger partial charge is 0.339 e. The van der Waals surface area contributed by atoms with Crippen molar-refractivity contribution in [3.63, 3.8) is 0 Å². The Morgan fingerprint density at radius 3 is 2.69 bits per heavy atom. The van der Waals surface area contributed by atoms with Crippen LogP contribution in [0.15, 0.2) is 18.5 Å². The van der Waals surface area contributed by atoms with Crippen molar-refractivity contribution < 1.29 is 0 Å². The Balaban J connectivity index is 1.62. The first-order valence-electron chi connectivity index (χ1n) is 6.20. The lowest BCUT2D eigenvalue weighted by molar-refractivity contribution is 0.417. The fourth-order valence-corrected chi connectivity index (χ4v) is 2.33. The van der Waals surface area contributed by atoms with Crippen LogP contribution in [0.25, 0.3) is 0 Å². The van der Waals surface area contributed by atoms with Crippen molar-refractivity contribution in [3.05, 3.63) is 18.5 Å². The van der Waals surface area contributed by atoms with E-state index in [4.69, 9.17) is 0 Å². The monoisotopic (exact) mass is 218 g/mol. The van der Waals surface area contributed by atoms with E-state index in [0.717, 1.165) is 25.1 Å². The van der Waals surface area contributed by atoms with Gasteiger partial charge in [0.15, 0.2) is 0 Å². The van der Waals surface area contributed by atoms with E-state index in [1.165, 1.54) is 25.7 Å². The van der Waals surface area contributed by atoms with Gasteiger partial charge in [-0.3, -0.25) is 0 Å². The minimum absolute atomic E-state index is 0.630. The summed E-state index contributed by atoms with van der Waals surface area (Å²) in [6, 6.07) is 3.29. The smallest absolute Gasteiger partial charge is 0.225 e.